The minimum Gasteiger partial charge on any atom is -0.330 e. The summed E-state index contributed by atoms with van der Waals surface area (Å²) in [5.41, 5.74) is 4.16. The summed E-state index contributed by atoms with van der Waals surface area (Å²) in [5.74, 6) is 0.610. The molecule has 0 atom stereocenters. The number of carbonyl (C=O) groups is 1. The van der Waals surface area contributed by atoms with E-state index in [0.717, 1.165) is 22.4 Å². The Morgan fingerprint density at radius 3 is 2.57 bits per heavy atom. The van der Waals surface area contributed by atoms with Gasteiger partial charge in [0.15, 0.2) is 5.82 Å². The molecule has 3 aromatic rings. The van der Waals surface area contributed by atoms with E-state index in [1.54, 1.807) is 24.0 Å². The number of amides is 1. The lowest BCUT2D eigenvalue weighted by molar-refractivity contribution is 0.101. The van der Waals surface area contributed by atoms with Crippen LogP contribution in [0.3, 0.4) is 0 Å². The molecule has 0 spiro atoms. The van der Waals surface area contributed by atoms with Gasteiger partial charge in [0.1, 0.15) is 5.82 Å². The van der Waals surface area contributed by atoms with Crippen molar-refractivity contribution in [3.63, 3.8) is 0 Å². The Hall–Kier alpha value is -2.95. The summed E-state index contributed by atoms with van der Waals surface area (Å²) in [6, 6.07) is 12.0. The quantitative estimate of drug-likeness (QED) is 0.807. The third-order valence-corrected chi connectivity index (χ3v) is 3.87. The minimum atomic E-state index is -0.271. The third-order valence-electron chi connectivity index (χ3n) is 3.87. The summed E-state index contributed by atoms with van der Waals surface area (Å²) < 4.78 is 1.68. The highest BCUT2D eigenvalue weighted by molar-refractivity contribution is 6.01. The number of nitrogens with one attached hydrogen (secondary N) is 1. The lowest BCUT2D eigenvalue weighted by Gasteiger charge is -2.12. The Balaban J connectivity index is 1.97. The van der Waals surface area contributed by atoms with Gasteiger partial charge in [0.25, 0.3) is 5.91 Å². The molecule has 0 aliphatic carbocycles. The van der Waals surface area contributed by atoms with Gasteiger partial charge >= 0.3 is 0 Å². The normalized spacial score (nSPS) is 10.6. The van der Waals surface area contributed by atoms with E-state index in [1.165, 1.54) is 0 Å². The number of imidazole rings is 1. The molecule has 3 rings (SSSR count). The maximum atomic E-state index is 12.3. The van der Waals surface area contributed by atoms with E-state index in [2.05, 4.69) is 15.3 Å². The summed E-state index contributed by atoms with van der Waals surface area (Å²) in [4.78, 5) is 20.8. The molecule has 23 heavy (non-hydrogen) atoms. The molecule has 0 radical (unpaired) electrons. The van der Waals surface area contributed by atoms with Crippen molar-refractivity contribution in [2.45, 2.75) is 13.8 Å². The van der Waals surface area contributed by atoms with Crippen LogP contribution >= 0.6 is 0 Å². The summed E-state index contributed by atoms with van der Waals surface area (Å²) in [7, 11) is 1.78. The second-order valence-corrected chi connectivity index (χ2v) is 5.45. The number of hydrogen-bond donors (Lipinski definition) is 1. The number of nitrogens with zero attached hydrogens (tertiary/aromatic N) is 3. The standard InChI is InChI=1S/C18H18N4O/c1-12-13(2)20-16(11-15(12)14-7-5-4-6-8-14)21-18(23)17-19-9-10-22(17)3/h4-11H,1-3H3,(H,20,21,23). The van der Waals surface area contributed by atoms with E-state index in [0.29, 0.717) is 11.6 Å². The molecule has 1 amide bonds. The average molecular weight is 306 g/mol. The van der Waals surface area contributed by atoms with Crippen molar-refractivity contribution in [3.05, 3.63) is 65.9 Å². The van der Waals surface area contributed by atoms with Gasteiger partial charge in [-0.25, -0.2) is 9.97 Å². The molecule has 116 valence electrons. The lowest BCUT2D eigenvalue weighted by atomic mass is 10.0. The predicted octanol–water partition coefficient (Wildman–Crippen LogP) is 3.35. The second-order valence-electron chi connectivity index (χ2n) is 5.45. The second kappa shape index (κ2) is 6.04. The van der Waals surface area contributed by atoms with Crippen molar-refractivity contribution < 1.29 is 4.79 Å². The first-order valence-corrected chi connectivity index (χ1v) is 7.38. The molecule has 1 aromatic carbocycles. The maximum absolute atomic E-state index is 12.3. The van der Waals surface area contributed by atoms with Gasteiger partial charge in [-0.2, -0.15) is 0 Å². The van der Waals surface area contributed by atoms with Gasteiger partial charge in [0.2, 0.25) is 0 Å². The average Bonchev–Trinajstić information content (AvgIpc) is 2.97. The highest BCUT2D eigenvalue weighted by atomic mass is 16.2. The zero-order valence-corrected chi connectivity index (χ0v) is 13.4. The first kappa shape index (κ1) is 15.0. The van der Waals surface area contributed by atoms with Crippen LogP contribution in [0.25, 0.3) is 11.1 Å². The highest BCUT2D eigenvalue weighted by Crippen LogP contribution is 2.27. The Bertz CT molecular complexity index is 853. The number of aryl methyl sites for hydroxylation is 2. The molecule has 0 aliphatic rings. The summed E-state index contributed by atoms with van der Waals surface area (Å²) >= 11 is 0. The Morgan fingerprint density at radius 2 is 1.91 bits per heavy atom. The van der Waals surface area contributed by atoms with E-state index in [4.69, 9.17) is 0 Å². The minimum absolute atomic E-state index is 0.271. The summed E-state index contributed by atoms with van der Waals surface area (Å²) in [6.07, 6.45) is 3.33. The van der Waals surface area contributed by atoms with Crippen LogP contribution in [-0.4, -0.2) is 20.4 Å². The molecule has 0 saturated heterocycles. The number of rotatable bonds is 3. The molecule has 0 bridgehead atoms. The monoisotopic (exact) mass is 306 g/mol. The largest absolute Gasteiger partial charge is 0.330 e. The summed E-state index contributed by atoms with van der Waals surface area (Å²) in [6.45, 7) is 3.98. The summed E-state index contributed by atoms with van der Waals surface area (Å²) in [5, 5.41) is 2.83. The third kappa shape index (κ3) is 2.99. The SMILES string of the molecule is Cc1nc(NC(=O)c2nccn2C)cc(-c2ccccc2)c1C. The van der Waals surface area contributed by atoms with E-state index in [9.17, 15) is 4.79 Å². The van der Waals surface area contributed by atoms with E-state index in [-0.39, 0.29) is 5.91 Å². The first-order chi connectivity index (χ1) is 11.1. The van der Waals surface area contributed by atoms with Gasteiger partial charge in [-0.15, -0.1) is 0 Å². The van der Waals surface area contributed by atoms with Gasteiger partial charge in [-0.1, -0.05) is 30.3 Å². The molecule has 5 heteroatoms. The van der Waals surface area contributed by atoms with Crippen LogP contribution in [0.5, 0.6) is 0 Å². The zero-order valence-electron chi connectivity index (χ0n) is 13.4. The number of carbonyl (C=O) groups excluding carboxylic acids is 1. The van der Waals surface area contributed by atoms with Crippen molar-refractivity contribution >= 4 is 11.7 Å². The predicted molar refractivity (Wildman–Crippen MR) is 90.3 cm³/mol. The van der Waals surface area contributed by atoms with Gasteiger partial charge in [-0.3, -0.25) is 4.79 Å². The fourth-order valence-electron chi connectivity index (χ4n) is 2.47. The fraction of sp³-hybridized carbons (Fsp3) is 0.167. The molecule has 0 aliphatic heterocycles. The van der Waals surface area contributed by atoms with Gasteiger partial charge in [-0.05, 0) is 36.6 Å². The van der Waals surface area contributed by atoms with Crippen LogP contribution in [0.15, 0.2) is 48.8 Å². The van der Waals surface area contributed by atoms with Crippen molar-refractivity contribution in [2.75, 3.05) is 5.32 Å². The van der Waals surface area contributed by atoms with Crippen LogP contribution in [0.1, 0.15) is 21.9 Å². The van der Waals surface area contributed by atoms with Crippen LogP contribution in [0, 0.1) is 13.8 Å². The van der Waals surface area contributed by atoms with Crippen LogP contribution < -0.4 is 5.32 Å². The molecule has 0 saturated carbocycles. The molecule has 2 heterocycles. The van der Waals surface area contributed by atoms with Gasteiger partial charge in [0, 0.05) is 25.1 Å². The fourth-order valence-corrected chi connectivity index (χ4v) is 2.47. The van der Waals surface area contributed by atoms with Crippen LogP contribution in [0.4, 0.5) is 5.82 Å². The van der Waals surface area contributed by atoms with Crippen molar-refractivity contribution in [3.8, 4) is 11.1 Å². The molecule has 1 N–H and O–H groups in total. The van der Waals surface area contributed by atoms with E-state index >= 15 is 0 Å². The molecule has 0 fully saturated rings. The zero-order chi connectivity index (χ0) is 16.4. The van der Waals surface area contributed by atoms with E-state index in [1.807, 2.05) is 50.2 Å². The van der Waals surface area contributed by atoms with Crippen molar-refractivity contribution in [2.24, 2.45) is 7.05 Å². The topological polar surface area (TPSA) is 59.8 Å². The number of benzene rings is 1. The molecule has 2 aromatic heterocycles. The molecule has 5 nitrogen and oxygen atoms in total. The van der Waals surface area contributed by atoms with Crippen LogP contribution in [0.2, 0.25) is 0 Å². The molecular weight excluding hydrogens is 288 g/mol. The molecule has 0 unspecified atom stereocenters. The number of hydrogen-bond acceptors (Lipinski definition) is 3. The maximum Gasteiger partial charge on any atom is 0.292 e. The van der Waals surface area contributed by atoms with Gasteiger partial charge in [0.05, 0.1) is 0 Å². The van der Waals surface area contributed by atoms with Crippen LogP contribution in [-0.2, 0) is 7.05 Å². The number of anilines is 1. The first-order valence-electron chi connectivity index (χ1n) is 7.38. The number of aromatic nitrogens is 3. The number of pyridine rings is 1. The smallest absolute Gasteiger partial charge is 0.292 e. The Labute approximate surface area is 135 Å². The Kier molecular flexibility index (Phi) is 3.93. The van der Waals surface area contributed by atoms with Crippen molar-refractivity contribution in [1.29, 1.82) is 0 Å². The Morgan fingerprint density at radius 1 is 1.17 bits per heavy atom. The molecular formula is C18H18N4O. The van der Waals surface area contributed by atoms with Crippen molar-refractivity contribution in [1.82, 2.24) is 14.5 Å². The highest BCUT2D eigenvalue weighted by Gasteiger charge is 2.14. The lowest BCUT2D eigenvalue weighted by Crippen LogP contribution is -2.18. The van der Waals surface area contributed by atoms with E-state index < -0.39 is 0 Å². The van der Waals surface area contributed by atoms with Gasteiger partial charge < -0.3 is 9.88 Å².